The summed E-state index contributed by atoms with van der Waals surface area (Å²) in [6.45, 7) is 0.829. The molecule has 0 aliphatic carbocycles. The van der Waals surface area contributed by atoms with Gasteiger partial charge in [0, 0.05) is 24.3 Å². The lowest BCUT2D eigenvalue weighted by atomic mass is 10.2. The molecule has 0 atom stereocenters. The summed E-state index contributed by atoms with van der Waals surface area (Å²) in [5.74, 6) is 0.228. The summed E-state index contributed by atoms with van der Waals surface area (Å²) in [4.78, 5) is 31.7. The van der Waals surface area contributed by atoms with Crippen molar-refractivity contribution in [1.29, 1.82) is 0 Å². The Morgan fingerprint density at radius 2 is 1.80 bits per heavy atom. The maximum absolute atomic E-state index is 12.3. The maximum Gasteiger partial charge on any atom is 0.239 e. The van der Waals surface area contributed by atoms with Crippen LogP contribution in [0.5, 0.6) is 0 Å². The summed E-state index contributed by atoms with van der Waals surface area (Å²) in [5.41, 5.74) is 1.07. The summed E-state index contributed by atoms with van der Waals surface area (Å²) in [7, 11) is 3.50. The molecule has 0 fully saturated rings. The molecule has 0 aliphatic rings. The van der Waals surface area contributed by atoms with Crippen molar-refractivity contribution in [3.63, 3.8) is 0 Å². The molecule has 0 saturated heterocycles. The van der Waals surface area contributed by atoms with Crippen molar-refractivity contribution in [2.24, 2.45) is 0 Å². The van der Waals surface area contributed by atoms with Gasteiger partial charge in [-0.25, -0.2) is 4.98 Å². The van der Waals surface area contributed by atoms with Gasteiger partial charge >= 0.3 is 0 Å². The van der Waals surface area contributed by atoms with Crippen molar-refractivity contribution in [2.75, 3.05) is 32.5 Å². The molecule has 2 amide bonds. The third kappa shape index (κ3) is 6.64. The van der Waals surface area contributed by atoms with Gasteiger partial charge in [0.1, 0.15) is 5.82 Å². The summed E-state index contributed by atoms with van der Waals surface area (Å²) >= 11 is 3.29. The topological polar surface area (TPSA) is 65.5 Å². The first-order chi connectivity index (χ1) is 11.9. The van der Waals surface area contributed by atoms with Crippen LogP contribution in [0.3, 0.4) is 0 Å². The number of pyridine rings is 1. The number of carbonyl (C=O) groups excluding carboxylic acids is 2. The molecule has 132 valence electrons. The number of nitrogens with one attached hydrogen (secondary N) is 1. The Kier molecular flexibility index (Phi) is 7.09. The van der Waals surface area contributed by atoms with Crippen LogP contribution in [0.2, 0.25) is 0 Å². The first-order valence-corrected chi connectivity index (χ1v) is 8.61. The number of anilines is 1. The Labute approximate surface area is 156 Å². The largest absolute Gasteiger partial charge is 0.340 e. The highest BCUT2D eigenvalue weighted by Crippen LogP contribution is 2.10. The van der Waals surface area contributed by atoms with Crippen molar-refractivity contribution < 1.29 is 9.59 Å². The molecule has 1 N–H and O–H groups in total. The van der Waals surface area contributed by atoms with Crippen LogP contribution < -0.4 is 5.32 Å². The highest BCUT2D eigenvalue weighted by atomic mass is 79.9. The average molecular weight is 405 g/mol. The molecule has 0 spiro atoms. The monoisotopic (exact) mass is 404 g/mol. The van der Waals surface area contributed by atoms with Gasteiger partial charge in [-0.2, -0.15) is 0 Å². The van der Waals surface area contributed by atoms with Crippen LogP contribution in [0.25, 0.3) is 0 Å². The van der Waals surface area contributed by atoms with Gasteiger partial charge in [0.15, 0.2) is 0 Å². The Balaban J connectivity index is 1.78. The van der Waals surface area contributed by atoms with Crippen molar-refractivity contribution in [3.8, 4) is 0 Å². The second kappa shape index (κ2) is 9.29. The molecule has 1 heterocycles. The molecule has 0 unspecified atom stereocenters. The van der Waals surface area contributed by atoms with Crippen LogP contribution in [0.15, 0.2) is 53.1 Å². The van der Waals surface area contributed by atoms with Gasteiger partial charge in [-0.3, -0.25) is 14.5 Å². The van der Waals surface area contributed by atoms with E-state index in [4.69, 9.17) is 0 Å². The predicted molar refractivity (Wildman–Crippen MR) is 101 cm³/mol. The zero-order valence-corrected chi connectivity index (χ0v) is 15.9. The molecule has 7 heteroatoms. The molecular formula is C18H21BrN4O2. The number of halogens is 1. The molecule has 0 saturated carbocycles. The quantitative estimate of drug-likeness (QED) is 0.768. The van der Waals surface area contributed by atoms with E-state index in [0.29, 0.717) is 12.4 Å². The number of aromatic nitrogens is 1. The predicted octanol–water partition coefficient (Wildman–Crippen LogP) is 2.37. The number of carbonyl (C=O) groups is 2. The molecule has 2 aromatic rings. The van der Waals surface area contributed by atoms with Gasteiger partial charge in [0.05, 0.1) is 13.1 Å². The molecule has 6 nitrogen and oxygen atoms in total. The van der Waals surface area contributed by atoms with Gasteiger partial charge in [0.25, 0.3) is 0 Å². The second-order valence-electron chi connectivity index (χ2n) is 5.82. The van der Waals surface area contributed by atoms with Crippen molar-refractivity contribution in [1.82, 2.24) is 14.8 Å². The zero-order valence-electron chi connectivity index (χ0n) is 14.3. The van der Waals surface area contributed by atoms with Gasteiger partial charge in [0.2, 0.25) is 11.8 Å². The Morgan fingerprint density at radius 3 is 2.44 bits per heavy atom. The van der Waals surface area contributed by atoms with E-state index in [9.17, 15) is 9.59 Å². The second-order valence-corrected chi connectivity index (χ2v) is 6.73. The standard InChI is InChI=1S/C18H21BrN4O2/c1-22(12-17(24)21-16-9-8-15(19)10-20-16)13-18(25)23(2)11-14-6-4-3-5-7-14/h3-10H,11-13H2,1-2H3,(H,20,21,24). The fraction of sp³-hybridized carbons (Fsp3) is 0.278. The zero-order chi connectivity index (χ0) is 18.2. The van der Waals surface area contributed by atoms with E-state index < -0.39 is 0 Å². The van der Waals surface area contributed by atoms with Crippen molar-refractivity contribution in [2.45, 2.75) is 6.54 Å². The van der Waals surface area contributed by atoms with Gasteiger partial charge < -0.3 is 10.2 Å². The van der Waals surface area contributed by atoms with E-state index in [0.717, 1.165) is 10.0 Å². The minimum Gasteiger partial charge on any atom is -0.340 e. The Hall–Kier alpha value is -2.25. The molecule has 2 rings (SSSR count). The highest BCUT2D eigenvalue weighted by molar-refractivity contribution is 9.10. The van der Waals surface area contributed by atoms with Crippen LogP contribution in [-0.4, -0.2) is 53.8 Å². The minimum atomic E-state index is -0.212. The third-order valence-corrected chi connectivity index (χ3v) is 3.97. The number of nitrogens with zero attached hydrogens (tertiary/aromatic N) is 3. The molecular weight excluding hydrogens is 384 g/mol. The molecule has 0 bridgehead atoms. The molecule has 0 radical (unpaired) electrons. The summed E-state index contributed by atoms with van der Waals surface area (Å²) in [5, 5.41) is 2.70. The fourth-order valence-electron chi connectivity index (χ4n) is 2.23. The van der Waals surface area contributed by atoms with E-state index in [1.165, 1.54) is 0 Å². The minimum absolute atomic E-state index is 0.0408. The van der Waals surface area contributed by atoms with Gasteiger partial charge in [-0.15, -0.1) is 0 Å². The fourth-order valence-corrected chi connectivity index (χ4v) is 2.46. The van der Waals surface area contributed by atoms with E-state index in [1.807, 2.05) is 30.3 Å². The van der Waals surface area contributed by atoms with Crippen LogP contribution in [0.1, 0.15) is 5.56 Å². The Bertz CT molecular complexity index is 707. The normalized spacial score (nSPS) is 10.6. The average Bonchev–Trinajstić information content (AvgIpc) is 2.57. The number of hydrogen-bond donors (Lipinski definition) is 1. The summed E-state index contributed by atoms with van der Waals surface area (Å²) in [6.07, 6.45) is 1.61. The SMILES string of the molecule is CN(CC(=O)Nc1ccc(Br)cn1)CC(=O)N(C)Cc1ccccc1. The highest BCUT2D eigenvalue weighted by Gasteiger charge is 2.14. The van der Waals surface area contributed by atoms with E-state index in [2.05, 4.69) is 26.2 Å². The van der Waals surface area contributed by atoms with Crippen LogP contribution in [0, 0.1) is 0 Å². The van der Waals surface area contributed by atoms with Crippen LogP contribution in [0.4, 0.5) is 5.82 Å². The number of rotatable bonds is 7. The first-order valence-electron chi connectivity index (χ1n) is 7.82. The summed E-state index contributed by atoms with van der Waals surface area (Å²) in [6, 6.07) is 13.3. The number of amides is 2. The lowest BCUT2D eigenvalue weighted by Crippen LogP contribution is -2.39. The van der Waals surface area contributed by atoms with Crippen LogP contribution in [-0.2, 0) is 16.1 Å². The molecule has 0 aliphatic heterocycles. The molecule has 25 heavy (non-hydrogen) atoms. The van der Waals surface area contributed by atoms with Gasteiger partial charge in [-0.05, 0) is 40.7 Å². The molecule has 1 aromatic carbocycles. The van der Waals surface area contributed by atoms with Gasteiger partial charge in [-0.1, -0.05) is 30.3 Å². The lowest BCUT2D eigenvalue weighted by Gasteiger charge is -2.21. The third-order valence-electron chi connectivity index (χ3n) is 3.50. The maximum atomic E-state index is 12.3. The number of likely N-dealkylation sites (N-methyl/N-ethyl adjacent to an activating group) is 2. The smallest absolute Gasteiger partial charge is 0.239 e. The molecule has 1 aromatic heterocycles. The summed E-state index contributed by atoms with van der Waals surface area (Å²) < 4.78 is 0.842. The van der Waals surface area contributed by atoms with Crippen molar-refractivity contribution >= 4 is 33.6 Å². The van der Waals surface area contributed by atoms with E-state index >= 15 is 0 Å². The van der Waals surface area contributed by atoms with E-state index in [1.54, 1.807) is 42.2 Å². The number of benzene rings is 1. The lowest BCUT2D eigenvalue weighted by molar-refractivity contribution is -0.131. The first kappa shape index (κ1) is 19.1. The van der Waals surface area contributed by atoms with Crippen molar-refractivity contribution in [3.05, 3.63) is 58.7 Å². The Morgan fingerprint density at radius 1 is 1.08 bits per heavy atom. The van der Waals surface area contributed by atoms with E-state index in [-0.39, 0.29) is 24.9 Å². The van der Waals surface area contributed by atoms with Crippen LogP contribution >= 0.6 is 15.9 Å². The number of hydrogen-bond acceptors (Lipinski definition) is 4.